The molecular weight excluding hydrogens is 506 g/mol. The Morgan fingerprint density at radius 1 is 1.21 bits per heavy atom. The van der Waals surface area contributed by atoms with Crippen LogP contribution < -0.4 is 0 Å². The van der Waals surface area contributed by atoms with Gasteiger partial charge in [-0.15, -0.1) is 0 Å². The number of carboxylic acid groups (broad SMARTS) is 1. The van der Waals surface area contributed by atoms with Gasteiger partial charge >= 0.3 is 12.1 Å². The Bertz CT molecular complexity index is 1380. The molecule has 2 aromatic carbocycles. The number of methoxy groups -OCH3 is 1. The van der Waals surface area contributed by atoms with Crippen LogP contribution in [-0.2, 0) is 22.3 Å². The summed E-state index contributed by atoms with van der Waals surface area (Å²) in [4.78, 5) is 16.8. The normalized spacial score (nSPS) is 15.9. The van der Waals surface area contributed by atoms with Crippen molar-refractivity contribution in [2.75, 3.05) is 27.2 Å². The Hall–Kier alpha value is -3.83. The number of likely N-dealkylation sites (N-methyl/N-ethyl adjacent to an activating group) is 1. The van der Waals surface area contributed by atoms with E-state index in [-0.39, 0.29) is 42.5 Å². The molecule has 38 heavy (non-hydrogen) atoms. The quantitative estimate of drug-likeness (QED) is 0.347. The highest BCUT2D eigenvalue weighted by molar-refractivity contribution is 5.76. The first kappa shape index (κ1) is 27.2. The number of carbonyl (C=O) groups is 1. The monoisotopic (exact) mass is 531 g/mol. The molecule has 0 radical (unpaired) electrons. The lowest BCUT2D eigenvalue weighted by molar-refractivity contribution is -0.138. The van der Waals surface area contributed by atoms with Crippen LogP contribution in [0.1, 0.15) is 23.4 Å². The number of aliphatic carboxylic acids is 1. The van der Waals surface area contributed by atoms with E-state index in [1.807, 2.05) is 0 Å². The first-order chi connectivity index (χ1) is 18.1. The van der Waals surface area contributed by atoms with Gasteiger partial charge in [0.1, 0.15) is 5.83 Å². The number of hydrogen-bond acceptors (Lipinski definition) is 6. The van der Waals surface area contributed by atoms with Gasteiger partial charge in [-0.05, 0) is 48.4 Å². The summed E-state index contributed by atoms with van der Waals surface area (Å²) in [6.07, 6.45) is -0.833. The van der Waals surface area contributed by atoms with Crippen molar-refractivity contribution in [2.45, 2.75) is 19.2 Å². The van der Waals surface area contributed by atoms with Gasteiger partial charge in [0.05, 0.1) is 24.3 Å². The van der Waals surface area contributed by atoms with Gasteiger partial charge in [0.25, 0.3) is 5.89 Å². The van der Waals surface area contributed by atoms with Crippen molar-refractivity contribution >= 4 is 11.5 Å². The van der Waals surface area contributed by atoms with Crippen molar-refractivity contribution in [1.29, 1.82) is 0 Å². The van der Waals surface area contributed by atoms with E-state index >= 15 is 4.39 Å². The Morgan fingerprint density at radius 3 is 2.68 bits per heavy atom. The summed E-state index contributed by atoms with van der Waals surface area (Å²) < 4.78 is 66.8. The van der Waals surface area contributed by atoms with E-state index in [0.29, 0.717) is 23.1 Å². The molecular formula is C27H25F4N3O4. The second-order valence-electron chi connectivity index (χ2n) is 8.96. The van der Waals surface area contributed by atoms with Gasteiger partial charge in [-0.2, -0.15) is 18.2 Å². The van der Waals surface area contributed by atoms with E-state index in [4.69, 9.17) is 14.4 Å². The predicted octanol–water partition coefficient (Wildman–Crippen LogP) is 5.84. The van der Waals surface area contributed by atoms with Crippen LogP contribution in [0.5, 0.6) is 0 Å². The van der Waals surface area contributed by atoms with Crippen LogP contribution in [0.15, 0.2) is 65.0 Å². The third-order valence-corrected chi connectivity index (χ3v) is 6.10. The number of alkyl halides is 3. The summed E-state index contributed by atoms with van der Waals surface area (Å²) in [5.41, 5.74) is 0.644. The summed E-state index contributed by atoms with van der Waals surface area (Å²) in [6.45, 7) is 0.00474. The van der Waals surface area contributed by atoms with E-state index in [2.05, 4.69) is 10.1 Å². The number of ether oxygens (including phenoxy) is 1. The summed E-state index contributed by atoms with van der Waals surface area (Å²) in [5, 5.41) is 12.9. The zero-order valence-corrected chi connectivity index (χ0v) is 20.6. The molecule has 1 unspecified atom stereocenters. The van der Waals surface area contributed by atoms with E-state index in [1.165, 1.54) is 36.3 Å². The molecule has 7 nitrogen and oxygen atoms in total. The van der Waals surface area contributed by atoms with Gasteiger partial charge in [-0.25, -0.2) is 4.39 Å². The highest BCUT2D eigenvalue weighted by atomic mass is 19.4. The van der Waals surface area contributed by atoms with Crippen LogP contribution in [0.2, 0.25) is 0 Å². The van der Waals surface area contributed by atoms with Crippen molar-refractivity contribution in [3.8, 4) is 22.6 Å². The zero-order valence-electron chi connectivity index (χ0n) is 20.6. The molecule has 1 aliphatic carbocycles. The molecule has 0 spiro atoms. The number of aromatic nitrogens is 2. The SMILES string of the molecule is COCc1cc(-c2nc(C3=C(F)C(CN(C)CC(=O)O)CC=C3)no2)ccc1-c1ccccc1C(F)(F)F. The fourth-order valence-electron chi connectivity index (χ4n) is 4.44. The van der Waals surface area contributed by atoms with Crippen LogP contribution in [-0.4, -0.2) is 53.4 Å². The van der Waals surface area contributed by atoms with Gasteiger partial charge < -0.3 is 14.4 Å². The molecule has 200 valence electrons. The molecule has 0 aliphatic heterocycles. The molecule has 1 aliphatic rings. The number of halogens is 4. The molecule has 1 aromatic heterocycles. The average molecular weight is 532 g/mol. The Morgan fingerprint density at radius 2 is 1.97 bits per heavy atom. The number of benzene rings is 2. The third-order valence-electron chi connectivity index (χ3n) is 6.10. The summed E-state index contributed by atoms with van der Waals surface area (Å²) in [6, 6.07) is 9.99. The fourth-order valence-corrected chi connectivity index (χ4v) is 4.44. The van der Waals surface area contributed by atoms with Crippen molar-refractivity contribution in [3.05, 3.63) is 77.4 Å². The molecule has 1 heterocycles. The Balaban J connectivity index is 1.65. The highest BCUT2D eigenvalue weighted by Gasteiger charge is 2.34. The first-order valence-corrected chi connectivity index (χ1v) is 11.7. The van der Waals surface area contributed by atoms with Gasteiger partial charge in [0, 0.05) is 25.1 Å². The third kappa shape index (κ3) is 6.00. The molecule has 0 saturated heterocycles. The van der Waals surface area contributed by atoms with Crippen LogP contribution in [0.4, 0.5) is 17.6 Å². The molecule has 1 atom stereocenters. The minimum atomic E-state index is -4.54. The van der Waals surface area contributed by atoms with Crippen LogP contribution in [0.3, 0.4) is 0 Å². The van der Waals surface area contributed by atoms with Crippen LogP contribution in [0.25, 0.3) is 28.2 Å². The molecule has 11 heteroatoms. The summed E-state index contributed by atoms with van der Waals surface area (Å²) >= 11 is 0. The molecule has 3 aromatic rings. The molecule has 0 fully saturated rings. The van der Waals surface area contributed by atoms with E-state index in [9.17, 15) is 18.0 Å². The number of nitrogens with zero attached hydrogens (tertiary/aromatic N) is 3. The summed E-state index contributed by atoms with van der Waals surface area (Å²) in [7, 11) is 3.03. The average Bonchev–Trinajstić information content (AvgIpc) is 3.35. The minimum Gasteiger partial charge on any atom is -0.480 e. The lowest BCUT2D eigenvalue weighted by Gasteiger charge is -2.23. The highest BCUT2D eigenvalue weighted by Crippen LogP contribution is 2.39. The van der Waals surface area contributed by atoms with Crippen molar-refractivity contribution in [2.24, 2.45) is 5.92 Å². The van der Waals surface area contributed by atoms with Crippen molar-refractivity contribution in [3.63, 3.8) is 0 Å². The second kappa shape index (κ2) is 11.3. The van der Waals surface area contributed by atoms with Gasteiger partial charge in [0.15, 0.2) is 0 Å². The van der Waals surface area contributed by atoms with Gasteiger partial charge in [-0.3, -0.25) is 9.69 Å². The molecule has 0 bridgehead atoms. The molecule has 1 N–H and O–H groups in total. The fraction of sp³-hybridized carbons (Fsp3) is 0.296. The molecule has 0 amide bonds. The van der Waals surface area contributed by atoms with Crippen LogP contribution in [0, 0.1) is 5.92 Å². The van der Waals surface area contributed by atoms with E-state index in [1.54, 1.807) is 31.3 Å². The van der Waals surface area contributed by atoms with E-state index in [0.717, 1.165) is 6.07 Å². The maximum absolute atomic E-state index is 15.3. The molecule has 0 saturated carbocycles. The Kier molecular flexibility index (Phi) is 8.08. The number of carboxylic acids is 1. The second-order valence-corrected chi connectivity index (χ2v) is 8.96. The number of hydrogen-bond donors (Lipinski definition) is 1. The van der Waals surface area contributed by atoms with Gasteiger partial charge in [0.2, 0.25) is 5.82 Å². The maximum Gasteiger partial charge on any atom is 0.417 e. The van der Waals surface area contributed by atoms with Crippen molar-refractivity contribution in [1.82, 2.24) is 15.0 Å². The smallest absolute Gasteiger partial charge is 0.417 e. The topological polar surface area (TPSA) is 88.7 Å². The first-order valence-electron chi connectivity index (χ1n) is 11.7. The largest absolute Gasteiger partial charge is 0.480 e. The van der Waals surface area contributed by atoms with Gasteiger partial charge in [-0.1, -0.05) is 41.6 Å². The molecule has 4 rings (SSSR count). The van der Waals surface area contributed by atoms with E-state index < -0.39 is 29.5 Å². The predicted molar refractivity (Wildman–Crippen MR) is 131 cm³/mol. The minimum absolute atomic E-state index is 0.0131. The maximum atomic E-state index is 15.3. The standard InChI is InChI=1S/C27H25F4N3O4/c1-34(14-23(35)36)13-17-6-5-8-21(24(17)28)25-32-26(38-33-25)16-10-11-19(18(12-16)15-37-2)20-7-3-4-9-22(20)27(29,30)31/h3-5,7-12,17H,6,13-15H2,1-2H3,(H,35,36). The lowest BCUT2D eigenvalue weighted by atomic mass is 9.93. The number of rotatable bonds is 9. The van der Waals surface area contributed by atoms with Crippen molar-refractivity contribution < 1.29 is 36.7 Å². The van der Waals surface area contributed by atoms with Crippen LogP contribution >= 0.6 is 0 Å². The summed E-state index contributed by atoms with van der Waals surface area (Å²) in [5.74, 6) is -1.98. The number of allylic oxidation sites excluding steroid dienone is 3. The lowest BCUT2D eigenvalue weighted by Crippen LogP contribution is -2.31. The Labute approximate surface area is 216 Å². The zero-order chi connectivity index (χ0) is 27.4.